The molecule has 0 aliphatic rings. The number of benzene rings is 1. The maximum absolute atomic E-state index is 11.7. The van der Waals surface area contributed by atoms with E-state index in [4.69, 9.17) is 22.1 Å². The van der Waals surface area contributed by atoms with E-state index >= 15 is 0 Å². The third-order valence-corrected chi connectivity index (χ3v) is 3.12. The zero-order chi connectivity index (χ0) is 14.3. The fourth-order valence-corrected chi connectivity index (χ4v) is 2.23. The summed E-state index contributed by atoms with van der Waals surface area (Å²) < 4.78 is 5.24. The minimum absolute atomic E-state index is 0.198. The van der Waals surface area contributed by atoms with E-state index in [9.17, 15) is 4.79 Å². The summed E-state index contributed by atoms with van der Waals surface area (Å²) in [6.07, 6.45) is 1.33. The van der Waals surface area contributed by atoms with Gasteiger partial charge in [0.05, 0.1) is 0 Å². The molecule has 4 heteroatoms. The third kappa shape index (κ3) is 6.60. The number of rotatable bonds is 7. The van der Waals surface area contributed by atoms with E-state index in [1.807, 2.05) is 12.1 Å². The number of ether oxygens (including phenoxy) is 1. The quantitative estimate of drug-likeness (QED) is 0.781. The van der Waals surface area contributed by atoms with Gasteiger partial charge in [0.2, 0.25) is 0 Å². The second-order valence-corrected chi connectivity index (χ2v) is 5.66. The first-order valence-electron chi connectivity index (χ1n) is 6.61. The summed E-state index contributed by atoms with van der Waals surface area (Å²) in [5.74, 6) is 0.539. The van der Waals surface area contributed by atoms with E-state index in [2.05, 4.69) is 13.8 Å². The Labute approximate surface area is 120 Å². The van der Waals surface area contributed by atoms with Gasteiger partial charge in [-0.3, -0.25) is 4.79 Å². The normalized spacial score (nSPS) is 12.5. The molecule has 0 spiro atoms. The molecule has 1 atom stereocenters. The second kappa shape index (κ2) is 8.18. The van der Waals surface area contributed by atoms with Gasteiger partial charge in [-0.25, -0.2) is 0 Å². The Bertz CT molecular complexity index is 407. The molecule has 2 N–H and O–H groups in total. The Morgan fingerprint density at radius 3 is 2.74 bits per heavy atom. The molecule has 1 unspecified atom stereocenters. The summed E-state index contributed by atoms with van der Waals surface area (Å²) in [4.78, 5) is 11.7. The van der Waals surface area contributed by atoms with E-state index in [-0.39, 0.29) is 18.5 Å². The minimum Gasteiger partial charge on any atom is -0.461 e. The van der Waals surface area contributed by atoms with Crippen molar-refractivity contribution in [3.63, 3.8) is 0 Å². The molecule has 3 nitrogen and oxygen atoms in total. The molecule has 0 fully saturated rings. The summed E-state index contributed by atoms with van der Waals surface area (Å²) in [7, 11) is 0. The van der Waals surface area contributed by atoms with Crippen LogP contribution in [0.1, 0.15) is 32.3 Å². The zero-order valence-corrected chi connectivity index (χ0v) is 12.3. The number of hydrogen-bond donors (Lipinski definition) is 1. The highest BCUT2D eigenvalue weighted by molar-refractivity contribution is 6.30. The minimum atomic E-state index is -0.198. The van der Waals surface area contributed by atoms with Crippen LogP contribution in [-0.4, -0.2) is 12.5 Å². The summed E-state index contributed by atoms with van der Waals surface area (Å²) in [5, 5.41) is 0.646. The fraction of sp³-hybridized carbons (Fsp3) is 0.533. The van der Waals surface area contributed by atoms with Crippen molar-refractivity contribution in [3.8, 4) is 0 Å². The molecule has 1 aromatic rings. The van der Waals surface area contributed by atoms with E-state index in [0.29, 0.717) is 23.9 Å². The average molecular weight is 284 g/mol. The summed E-state index contributed by atoms with van der Waals surface area (Å²) in [5.41, 5.74) is 6.57. The predicted octanol–water partition coefficient (Wildman–Crippen LogP) is 3.39. The van der Waals surface area contributed by atoms with Crippen molar-refractivity contribution >= 4 is 17.6 Å². The lowest BCUT2D eigenvalue weighted by atomic mass is 9.94. The maximum Gasteiger partial charge on any atom is 0.306 e. The Morgan fingerprint density at radius 2 is 2.16 bits per heavy atom. The highest BCUT2D eigenvalue weighted by Crippen LogP contribution is 2.16. The van der Waals surface area contributed by atoms with Crippen LogP contribution in [0.3, 0.4) is 0 Å². The van der Waals surface area contributed by atoms with Crippen molar-refractivity contribution in [2.75, 3.05) is 6.54 Å². The van der Waals surface area contributed by atoms with Gasteiger partial charge in [-0.2, -0.15) is 0 Å². The molecule has 1 aromatic carbocycles. The molecular formula is C15H22ClNO2. The maximum atomic E-state index is 11.7. The lowest BCUT2D eigenvalue weighted by Gasteiger charge is -2.16. The third-order valence-electron chi connectivity index (χ3n) is 2.88. The molecular weight excluding hydrogens is 262 g/mol. The SMILES string of the molecule is CC(C)CC(CN)CC(=O)OCc1cccc(Cl)c1. The molecule has 0 heterocycles. The van der Waals surface area contributed by atoms with Gasteiger partial charge >= 0.3 is 5.97 Å². The van der Waals surface area contributed by atoms with Gasteiger partial charge in [0, 0.05) is 11.4 Å². The average Bonchev–Trinajstić information content (AvgIpc) is 2.35. The van der Waals surface area contributed by atoms with Crippen LogP contribution in [0, 0.1) is 11.8 Å². The molecule has 0 aliphatic carbocycles. The van der Waals surface area contributed by atoms with Gasteiger partial charge in [0.1, 0.15) is 6.61 Å². The number of carbonyl (C=O) groups excluding carboxylic acids is 1. The van der Waals surface area contributed by atoms with Gasteiger partial charge < -0.3 is 10.5 Å². The van der Waals surface area contributed by atoms with Gasteiger partial charge in [-0.05, 0) is 42.5 Å². The lowest BCUT2D eigenvalue weighted by molar-refractivity contribution is -0.146. The van der Waals surface area contributed by atoms with Gasteiger partial charge in [0.15, 0.2) is 0 Å². The van der Waals surface area contributed by atoms with Gasteiger partial charge in [-0.1, -0.05) is 37.6 Å². The molecule has 0 saturated carbocycles. The number of hydrogen-bond acceptors (Lipinski definition) is 3. The number of halogens is 1. The molecule has 19 heavy (non-hydrogen) atoms. The Kier molecular flexibility index (Phi) is 6.89. The number of nitrogens with two attached hydrogens (primary N) is 1. The van der Waals surface area contributed by atoms with E-state index in [1.54, 1.807) is 12.1 Å². The topological polar surface area (TPSA) is 52.3 Å². The molecule has 106 valence electrons. The first-order chi connectivity index (χ1) is 9.01. The fourth-order valence-electron chi connectivity index (χ4n) is 2.01. The van der Waals surface area contributed by atoms with Crippen LogP contribution >= 0.6 is 11.6 Å². The summed E-state index contributed by atoms with van der Waals surface area (Å²) in [6, 6.07) is 7.31. The smallest absolute Gasteiger partial charge is 0.306 e. The molecule has 0 saturated heterocycles. The highest BCUT2D eigenvalue weighted by atomic mass is 35.5. The van der Waals surface area contributed by atoms with E-state index in [1.165, 1.54) is 0 Å². The lowest BCUT2D eigenvalue weighted by Crippen LogP contribution is -2.21. The Balaban J connectivity index is 2.38. The standard InChI is InChI=1S/C15H22ClNO2/c1-11(2)6-13(9-17)8-15(18)19-10-12-4-3-5-14(16)7-12/h3-5,7,11,13H,6,8-10,17H2,1-2H3. The van der Waals surface area contributed by atoms with Crippen molar-refractivity contribution in [1.29, 1.82) is 0 Å². The van der Waals surface area contributed by atoms with Crippen molar-refractivity contribution in [2.45, 2.75) is 33.3 Å². The van der Waals surface area contributed by atoms with E-state index in [0.717, 1.165) is 12.0 Å². The van der Waals surface area contributed by atoms with Crippen LogP contribution in [0.5, 0.6) is 0 Å². The van der Waals surface area contributed by atoms with Crippen LogP contribution in [0.2, 0.25) is 5.02 Å². The van der Waals surface area contributed by atoms with Crippen LogP contribution in [-0.2, 0) is 16.1 Å². The van der Waals surface area contributed by atoms with Crippen LogP contribution in [0.4, 0.5) is 0 Å². The van der Waals surface area contributed by atoms with Crippen molar-refractivity contribution in [3.05, 3.63) is 34.9 Å². The van der Waals surface area contributed by atoms with Crippen molar-refractivity contribution in [2.24, 2.45) is 17.6 Å². The van der Waals surface area contributed by atoms with Crippen molar-refractivity contribution in [1.82, 2.24) is 0 Å². The molecule has 0 aromatic heterocycles. The highest BCUT2D eigenvalue weighted by Gasteiger charge is 2.15. The number of esters is 1. The van der Waals surface area contributed by atoms with Gasteiger partial charge in [-0.15, -0.1) is 0 Å². The first kappa shape index (κ1) is 16.0. The monoisotopic (exact) mass is 283 g/mol. The largest absolute Gasteiger partial charge is 0.461 e. The molecule has 1 rings (SSSR count). The first-order valence-corrected chi connectivity index (χ1v) is 6.99. The summed E-state index contributed by atoms with van der Waals surface area (Å²) >= 11 is 5.87. The Morgan fingerprint density at radius 1 is 1.42 bits per heavy atom. The van der Waals surface area contributed by atoms with E-state index < -0.39 is 0 Å². The Hall–Kier alpha value is -1.06. The van der Waals surface area contributed by atoms with Crippen molar-refractivity contribution < 1.29 is 9.53 Å². The summed E-state index contributed by atoms with van der Waals surface area (Å²) in [6.45, 7) is 5.03. The molecule has 0 amide bonds. The predicted molar refractivity (Wildman–Crippen MR) is 77.9 cm³/mol. The van der Waals surface area contributed by atoms with Crippen LogP contribution < -0.4 is 5.73 Å². The van der Waals surface area contributed by atoms with Crippen LogP contribution in [0.15, 0.2) is 24.3 Å². The number of carbonyl (C=O) groups is 1. The van der Waals surface area contributed by atoms with Crippen LogP contribution in [0.25, 0.3) is 0 Å². The molecule has 0 radical (unpaired) electrons. The molecule has 0 bridgehead atoms. The second-order valence-electron chi connectivity index (χ2n) is 5.23. The van der Waals surface area contributed by atoms with Gasteiger partial charge in [0.25, 0.3) is 0 Å². The molecule has 0 aliphatic heterocycles. The zero-order valence-electron chi connectivity index (χ0n) is 11.6.